The fraction of sp³-hybridized carbons (Fsp3) is 0.121. The first-order valence-corrected chi connectivity index (χ1v) is 17.8. The van der Waals surface area contributed by atoms with Crippen molar-refractivity contribution in [3.05, 3.63) is 148 Å². The van der Waals surface area contributed by atoms with E-state index < -0.39 is 16.9 Å². The standard InChI is InChI=1S/C33H23I2N3O6S2/c1-2-43-32(40)27-28(20-7-4-3-5-8-20)36-33-37(29(27)25-9-6-14-45-25)31(39)26(46-33)16-21-15-22(34)17-24(35)30(21)44-18-19-10-12-23(13-11-19)38(41)42/h3-17,29H,2,18H2,1H3/b26-16-/t29-/m0/s1. The highest BCUT2D eigenvalue weighted by atomic mass is 127. The molecule has 0 spiro atoms. The minimum absolute atomic E-state index is 0.00560. The van der Waals surface area contributed by atoms with Crippen LogP contribution in [0.2, 0.25) is 0 Å². The summed E-state index contributed by atoms with van der Waals surface area (Å²) in [5.74, 6) is 0.0593. The highest BCUT2D eigenvalue weighted by molar-refractivity contribution is 14.1. The van der Waals surface area contributed by atoms with Crippen molar-refractivity contribution in [1.29, 1.82) is 0 Å². The molecule has 9 nitrogen and oxygen atoms in total. The lowest BCUT2D eigenvalue weighted by Gasteiger charge is -2.24. The summed E-state index contributed by atoms with van der Waals surface area (Å²) in [6, 6.07) is 22.6. The van der Waals surface area contributed by atoms with Gasteiger partial charge in [-0.15, -0.1) is 11.3 Å². The van der Waals surface area contributed by atoms with Crippen LogP contribution in [0.15, 0.2) is 99.6 Å². The van der Waals surface area contributed by atoms with Crippen LogP contribution < -0.4 is 19.6 Å². The summed E-state index contributed by atoms with van der Waals surface area (Å²) in [6.45, 7) is 2.11. The number of thiophene rings is 1. The molecule has 0 saturated carbocycles. The molecule has 0 amide bonds. The molecular weight excluding hydrogens is 852 g/mol. The highest BCUT2D eigenvalue weighted by Crippen LogP contribution is 2.37. The van der Waals surface area contributed by atoms with E-state index in [1.54, 1.807) is 29.7 Å². The molecule has 0 unspecified atom stereocenters. The van der Waals surface area contributed by atoms with Crippen molar-refractivity contribution >= 4 is 91.3 Å². The smallest absolute Gasteiger partial charge is 0.338 e. The Hall–Kier alpha value is -3.67. The van der Waals surface area contributed by atoms with Gasteiger partial charge in [-0.3, -0.25) is 19.5 Å². The second kappa shape index (κ2) is 14.0. The minimum Gasteiger partial charge on any atom is -0.487 e. The van der Waals surface area contributed by atoms with Crippen LogP contribution in [0.3, 0.4) is 0 Å². The zero-order chi connectivity index (χ0) is 32.4. The molecule has 1 aliphatic heterocycles. The molecule has 1 atom stereocenters. The molecule has 13 heteroatoms. The van der Waals surface area contributed by atoms with E-state index >= 15 is 0 Å². The number of benzene rings is 3. The van der Waals surface area contributed by atoms with Gasteiger partial charge in [0.2, 0.25) is 0 Å². The number of fused-ring (bicyclic) bond motifs is 1. The van der Waals surface area contributed by atoms with E-state index in [0.717, 1.165) is 23.1 Å². The van der Waals surface area contributed by atoms with Crippen LogP contribution in [-0.2, 0) is 16.1 Å². The number of non-ortho nitro benzene ring substituents is 1. The molecule has 3 heterocycles. The summed E-state index contributed by atoms with van der Waals surface area (Å²) >= 11 is 7.12. The number of nitro groups is 1. The topological polar surface area (TPSA) is 113 Å². The number of hydrogen-bond acceptors (Lipinski definition) is 9. The van der Waals surface area contributed by atoms with E-state index in [0.29, 0.717) is 31.9 Å². The van der Waals surface area contributed by atoms with Gasteiger partial charge in [0.25, 0.3) is 11.2 Å². The summed E-state index contributed by atoms with van der Waals surface area (Å²) in [4.78, 5) is 44.6. The zero-order valence-corrected chi connectivity index (χ0v) is 30.0. The Kier molecular flexibility index (Phi) is 9.81. The molecule has 6 rings (SSSR count). The first-order chi connectivity index (χ1) is 22.2. The normalized spacial score (nSPS) is 14.5. The number of carbonyl (C=O) groups is 1. The molecule has 0 bridgehead atoms. The van der Waals surface area contributed by atoms with E-state index in [-0.39, 0.29) is 24.5 Å². The maximum Gasteiger partial charge on any atom is 0.338 e. The van der Waals surface area contributed by atoms with Crippen molar-refractivity contribution in [2.45, 2.75) is 19.6 Å². The molecule has 0 fully saturated rings. The van der Waals surface area contributed by atoms with E-state index in [1.807, 2.05) is 60.0 Å². The fourth-order valence-electron chi connectivity index (χ4n) is 5.01. The number of carbonyl (C=O) groups excluding carboxylic acids is 1. The van der Waals surface area contributed by atoms with Gasteiger partial charge in [0.15, 0.2) is 4.80 Å². The van der Waals surface area contributed by atoms with E-state index in [4.69, 9.17) is 14.5 Å². The molecule has 0 saturated heterocycles. The van der Waals surface area contributed by atoms with Gasteiger partial charge in [0.05, 0.1) is 30.9 Å². The summed E-state index contributed by atoms with van der Waals surface area (Å²) < 4.78 is 15.6. The Balaban J connectivity index is 1.49. The van der Waals surface area contributed by atoms with Crippen molar-refractivity contribution in [3.8, 4) is 5.75 Å². The maximum atomic E-state index is 14.3. The van der Waals surface area contributed by atoms with Gasteiger partial charge in [-0.1, -0.05) is 47.7 Å². The summed E-state index contributed by atoms with van der Waals surface area (Å²) in [6.07, 6.45) is 1.79. The quantitative estimate of drug-likeness (QED) is 0.0707. The molecule has 0 N–H and O–H groups in total. The van der Waals surface area contributed by atoms with Crippen LogP contribution in [0.25, 0.3) is 11.8 Å². The number of ether oxygens (including phenoxy) is 2. The summed E-state index contributed by atoms with van der Waals surface area (Å²) in [5, 5.41) is 13.0. The van der Waals surface area contributed by atoms with Gasteiger partial charge in [-0.25, -0.2) is 9.79 Å². The number of aromatic nitrogens is 1. The molecule has 232 valence electrons. The van der Waals surface area contributed by atoms with Crippen LogP contribution in [0.1, 0.15) is 34.5 Å². The Labute approximate surface area is 298 Å². The van der Waals surface area contributed by atoms with Crippen molar-refractivity contribution in [3.63, 3.8) is 0 Å². The lowest BCUT2D eigenvalue weighted by Crippen LogP contribution is -2.39. The van der Waals surface area contributed by atoms with E-state index in [2.05, 4.69) is 45.2 Å². The van der Waals surface area contributed by atoms with Crippen molar-refractivity contribution in [2.75, 3.05) is 6.61 Å². The number of esters is 1. The third-order valence-corrected chi connectivity index (χ3v) is 10.4. The maximum absolute atomic E-state index is 14.3. The first-order valence-electron chi connectivity index (χ1n) is 13.9. The van der Waals surface area contributed by atoms with Crippen LogP contribution in [0.5, 0.6) is 5.75 Å². The molecule has 0 radical (unpaired) electrons. The second-order valence-corrected chi connectivity index (χ2v) is 14.4. The molecule has 3 aromatic carbocycles. The Morgan fingerprint density at radius 3 is 2.52 bits per heavy atom. The second-order valence-electron chi connectivity index (χ2n) is 9.97. The van der Waals surface area contributed by atoms with Crippen molar-refractivity contribution < 1.29 is 19.2 Å². The molecule has 0 aliphatic carbocycles. The van der Waals surface area contributed by atoms with Gasteiger partial charge in [-0.05, 0) is 99.5 Å². The van der Waals surface area contributed by atoms with Gasteiger partial charge in [0.1, 0.15) is 18.4 Å². The molecular formula is C33H23I2N3O6S2. The Morgan fingerprint density at radius 1 is 1.09 bits per heavy atom. The molecule has 2 aromatic heterocycles. The largest absolute Gasteiger partial charge is 0.487 e. The average molecular weight is 876 g/mol. The third-order valence-electron chi connectivity index (χ3n) is 7.04. The van der Waals surface area contributed by atoms with E-state index in [1.165, 1.54) is 34.8 Å². The Bertz CT molecular complexity index is 2160. The SMILES string of the molecule is CCOC(=O)C1=C(c2ccccc2)N=c2s/c(=C\c3cc(I)cc(I)c3OCc3ccc([N+](=O)[O-])cc3)c(=O)n2[C@H]1c1cccs1. The number of nitro benzene ring substituents is 1. The number of thiazole rings is 1. The van der Waals surface area contributed by atoms with E-state index in [9.17, 15) is 19.7 Å². The molecule has 1 aliphatic rings. The van der Waals surface area contributed by atoms with Crippen LogP contribution >= 0.6 is 67.9 Å². The Morgan fingerprint density at radius 2 is 1.85 bits per heavy atom. The molecule has 46 heavy (non-hydrogen) atoms. The van der Waals surface area contributed by atoms with Crippen molar-refractivity contribution in [2.24, 2.45) is 4.99 Å². The van der Waals surface area contributed by atoms with Crippen LogP contribution in [0, 0.1) is 17.3 Å². The number of rotatable bonds is 9. The number of hydrogen-bond donors (Lipinski definition) is 0. The van der Waals surface area contributed by atoms with Crippen LogP contribution in [0.4, 0.5) is 5.69 Å². The summed E-state index contributed by atoms with van der Waals surface area (Å²) in [7, 11) is 0. The average Bonchev–Trinajstić information content (AvgIpc) is 3.69. The zero-order valence-electron chi connectivity index (χ0n) is 24.0. The molecule has 5 aromatic rings. The van der Waals surface area contributed by atoms with Crippen molar-refractivity contribution in [1.82, 2.24) is 4.57 Å². The number of nitrogens with zero attached hydrogens (tertiary/aromatic N) is 3. The van der Waals surface area contributed by atoms with Crippen LogP contribution in [-0.4, -0.2) is 22.1 Å². The monoisotopic (exact) mass is 875 g/mol. The van der Waals surface area contributed by atoms with Gasteiger partial charge >= 0.3 is 5.97 Å². The highest BCUT2D eigenvalue weighted by Gasteiger charge is 2.35. The van der Waals surface area contributed by atoms with Gasteiger partial charge in [-0.2, -0.15) is 0 Å². The third kappa shape index (κ3) is 6.59. The lowest BCUT2D eigenvalue weighted by atomic mass is 9.97. The summed E-state index contributed by atoms with van der Waals surface area (Å²) in [5.41, 5.74) is 2.72. The predicted molar refractivity (Wildman–Crippen MR) is 195 cm³/mol. The fourth-order valence-corrected chi connectivity index (χ4v) is 8.87. The lowest BCUT2D eigenvalue weighted by molar-refractivity contribution is -0.384. The number of halogens is 2. The predicted octanol–water partition coefficient (Wildman–Crippen LogP) is 6.69. The first kappa shape index (κ1) is 32.3. The minimum atomic E-state index is -0.721. The van der Waals surface area contributed by atoms with Gasteiger partial charge in [0, 0.05) is 31.7 Å². The van der Waals surface area contributed by atoms with Gasteiger partial charge < -0.3 is 9.47 Å².